The highest BCUT2D eigenvalue weighted by Gasteiger charge is 2.26. The summed E-state index contributed by atoms with van der Waals surface area (Å²) in [5.74, 6) is 0.783. The molecule has 0 bridgehead atoms. The SMILES string of the molecule is CCOC(CCNC(=NC)NCCC(F)(F)F)C(C)C.I. The molecule has 0 aromatic carbocycles. The first-order valence-corrected chi connectivity index (χ1v) is 6.93. The van der Waals surface area contributed by atoms with Crippen molar-refractivity contribution >= 4 is 29.9 Å². The van der Waals surface area contributed by atoms with Crippen molar-refractivity contribution in [1.82, 2.24) is 10.6 Å². The van der Waals surface area contributed by atoms with Crippen LogP contribution in [-0.4, -0.2) is 45.0 Å². The monoisotopic (exact) mass is 425 g/mol. The predicted octanol–water partition coefficient (Wildman–Crippen LogP) is 3.17. The zero-order valence-corrected chi connectivity index (χ0v) is 15.4. The molecule has 0 fully saturated rings. The fourth-order valence-electron chi connectivity index (χ4n) is 1.70. The molecule has 1 unspecified atom stereocenters. The topological polar surface area (TPSA) is 45.6 Å². The second-order valence-corrected chi connectivity index (χ2v) is 4.82. The Labute approximate surface area is 142 Å². The Hall–Kier alpha value is -0.250. The molecule has 4 nitrogen and oxygen atoms in total. The lowest BCUT2D eigenvalue weighted by atomic mass is 10.0. The number of hydrogen-bond donors (Lipinski definition) is 2. The molecule has 21 heavy (non-hydrogen) atoms. The van der Waals surface area contributed by atoms with E-state index in [2.05, 4.69) is 29.5 Å². The number of aliphatic imine (C=N–C) groups is 1. The van der Waals surface area contributed by atoms with Crippen LogP contribution in [0.25, 0.3) is 0 Å². The number of halogens is 4. The minimum atomic E-state index is -4.15. The maximum absolute atomic E-state index is 12.0. The van der Waals surface area contributed by atoms with Crippen molar-refractivity contribution in [2.45, 2.75) is 45.9 Å². The van der Waals surface area contributed by atoms with E-state index in [9.17, 15) is 13.2 Å². The Bertz CT molecular complexity index is 286. The van der Waals surface area contributed by atoms with Gasteiger partial charge >= 0.3 is 6.18 Å². The molecular weight excluding hydrogens is 398 g/mol. The number of hydrogen-bond acceptors (Lipinski definition) is 2. The van der Waals surface area contributed by atoms with Gasteiger partial charge in [0.1, 0.15) is 0 Å². The first kappa shape index (κ1) is 23.0. The predicted molar refractivity (Wildman–Crippen MR) is 90.3 cm³/mol. The number of ether oxygens (including phenoxy) is 1. The van der Waals surface area contributed by atoms with Gasteiger partial charge in [-0.15, -0.1) is 24.0 Å². The molecule has 0 heterocycles. The van der Waals surface area contributed by atoms with Crippen molar-refractivity contribution in [3.8, 4) is 0 Å². The summed E-state index contributed by atoms with van der Waals surface area (Å²) in [6.07, 6.45) is -4.10. The van der Waals surface area contributed by atoms with Crippen LogP contribution in [-0.2, 0) is 4.74 Å². The summed E-state index contributed by atoms with van der Waals surface area (Å²) < 4.78 is 41.7. The van der Waals surface area contributed by atoms with Gasteiger partial charge in [-0.2, -0.15) is 13.2 Å². The van der Waals surface area contributed by atoms with E-state index in [1.54, 1.807) is 0 Å². The average molecular weight is 425 g/mol. The lowest BCUT2D eigenvalue weighted by molar-refractivity contribution is -0.132. The highest BCUT2D eigenvalue weighted by Crippen LogP contribution is 2.18. The largest absolute Gasteiger partial charge is 0.390 e. The summed E-state index contributed by atoms with van der Waals surface area (Å²) in [5, 5.41) is 5.63. The molecule has 0 aliphatic carbocycles. The Morgan fingerprint density at radius 3 is 2.19 bits per heavy atom. The summed E-state index contributed by atoms with van der Waals surface area (Å²) in [4.78, 5) is 3.88. The molecule has 128 valence electrons. The lowest BCUT2D eigenvalue weighted by Crippen LogP contribution is -2.40. The van der Waals surface area contributed by atoms with Gasteiger partial charge in [0.2, 0.25) is 0 Å². The summed E-state index contributed by atoms with van der Waals surface area (Å²) in [6, 6.07) is 0. The smallest absolute Gasteiger partial charge is 0.378 e. The van der Waals surface area contributed by atoms with Gasteiger partial charge < -0.3 is 15.4 Å². The molecule has 0 spiro atoms. The molecule has 0 aromatic heterocycles. The van der Waals surface area contributed by atoms with Gasteiger partial charge in [-0.05, 0) is 19.3 Å². The van der Waals surface area contributed by atoms with E-state index >= 15 is 0 Å². The van der Waals surface area contributed by atoms with E-state index in [-0.39, 0.29) is 36.6 Å². The summed E-state index contributed by atoms with van der Waals surface area (Å²) >= 11 is 0. The number of alkyl halides is 3. The number of rotatable bonds is 8. The number of guanidine groups is 1. The van der Waals surface area contributed by atoms with Crippen molar-refractivity contribution in [3.05, 3.63) is 0 Å². The van der Waals surface area contributed by atoms with Crippen LogP contribution in [0.2, 0.25) is 0 Å². The number of nitrogens with zero attached hydrogens (tertiary/aromatic N) is 1. The highest BCUT2D eigenvalue weighted by atomic mass is 127. The van der Waals surface area contributed by atoms with Crippen molar-refractivity contribution in [2.75, 3.05) is 26.7 Å². The molecule has 2 N–H and O–H groups in total. The average Bonchev–Trinajstić information content (AvgIpc) is 2.34. The van der Waals surface area contributed by atoms with Crippen LogP contribution in [0.3, 0.4) is 0 Å². The van der Waals surface area contributed by atoms with E-state index in [4.69, 9.17) is 4.74 Å². The molecular formula is C13H27F3IN3O. The molecule has 0 saturated carbocycles. The van der Waals surface area contributed by atoms with Crippen LogP contribution >= 0.6 is 24.0 Å². The van der Waals surface area contributed by atoms with E-state index in [1.807, 2.05) is 6.92 Å². The maximum atomic E-state index is 12.0. The Balaban J connectivity index is 0. The summed E-state index contributed by atoms with van der Waals surface area (Å²) in [7, 11) is 1.53. The van der Waals surface area contributed by atoms with Crippen LogP contribution in [0.5, 0.6) is 0 Å². The molecule has 0 amide bonds. The molecule has 8 heteroatoms. The minimum absolute atomic E-state index is 0. The van der Waals surface area contributed by atoms with E-state index in [0.717, 1.165) is 6.42 Å². The molecule has 0 saturated heterocycles. The van der Waals surface area contributed by atoms with Gasteiger partial charge in [0, 0.05) is 26.7 Å². The summed E-state index contributed by atoms with van der Waals surface area (Å²) in [5.41, 5.74) is 0. The number of nitrogens with one attached hydrogen (secondary N) is 2. The zero-order valence-electron chi connectivity index (χ0n) is 13.1. The third-order valence-corrected chi connectivity index (χ3v) is 2.77. The third kappa shape index (κ3) is 13.2. The van der Waals surface area contributed by atoms with Crippen LogP contribution in [0.15, 0.2) is 4.99 Å². The molecule has 0 rings (SSSR count). The Morgan fingerprint density at radius 1 is 1.19 bits per heavy atom. The van der Waals surface area contributed by atoms with Crippen molar-refractivity contribution in [2.24, 2.45) is 10.9 Å². The first-order valence-electron chi connectivity index (χ1n) is 6.93. The Kier molecular flexibility index (Phi) is 13.5. The van der Waals surface area contributed by atoms with Gasteiger partial charge in [-0.25, -0.2) is 0 Å². The molecule has 0 aliphatic rings. The van der Waals surface area contributed by atoms with E-state index < -0.39 is 12.6 Å². The zero-order chi connectivity index (χ0) is 15.6. The third-order valence-electron chi connectivity index (χ3n) is 2.77. The van der Waals surface area contributed by atoms with Crippen molar-refractivity contribution in [1.29, 1.82) is 0 Å². The Morgan fingerprint density at radius 2 is 1.76 bits per heavy atom. The van der Waals surface area contributed by atoms with Crippen molar-refractivity contribution < 1.29 is 17.9 Å². The highest BCUT2D eigenvalue weighted by molar-refractivity contribution is 14.0. The molecule has 0 aliphatic heterocycles. The standard InChI is InChI=1S/C13H26F3N3O.HI/c1-5-20-11(10(2)3)6-8-18-12(17-4)19-9-7-13(14,15)16;/h10-11H,5-9H2,1-4H3,(H2,17,18,19);1H. The van der Waals surface area contributed by atoms with Gasteiger partial charge in [0.15, 0.2) is 5.96 Å². The summed E-state index contributed by atoms with van der Waals surface area (Å²) in [6.45, 7) is 7.19. The fraction of sp³-hybridized carbons (Fsp3) is 0.923. The van der Waals surface area contributed by atoms with Gasteiger partial charge in [0.25, 0.3) is 0 Å². The van der Waals surface area contributed by atoms with Crippen LogP contribution in [0.4, 0.5) is 13.2 Å². The van der Waals surface area contributed by atoms with Gasteiger partial charge in [0.05, 0.1) is 12.5 Å². The molecule has 0 radical (unpaired) electrons. The van der Waals surface area contributed by atoms with Crippen molar-refractivity contribution in [3.63, 3.8) is 0 Å². The van der Waals surface area contributed by atoms with Gasteiger partial charge in [-0.1, -0.05) is 13.8 Å². The van der Waals surface area contributed by atoms with Crippen LogP contribution in [0.1, 0.15) is 33.6 Å². The van der Waals surface area contributed by atoms with Crippen LogP contribution < -0.4 is 10.6 Å². The van der Waals surface area contributed by atoms with Gasteiger partial charge in [-0.3, -0.25) is 4.99 Å². The fourth-order valence-corrected chi connectivity index (χ4v) is 1.70. The second-order valence-electron chi connectivity index (χ2n) is 4.82. The van der Waals surface area contributed by atoms with E-state index in [0.29, 0.717) is 25.0 Å². The lowest BCUT2D eigenvalue weighted by Gasteiger charge is -2.21. The van der Waals surface area contributed by atoms with Crippen LogP contribution in [0, 0.1) is 5.92 Å². The van der Waals surface area contributed by atoms with E-state index in [1.165, 1.54) is 7.05 Å². The maximum Gasteiger partial charge on any atom is 0.390 e. The molecule has 0 aromatic rings. The molecule has 1 atom stereocenters. The quantitative estimate of drug-likeness (QED) is 0.357. The minimum Gasteiger partial charge on any atom is -0.378 e. The first-order chi connectivity index (χ1) is 9.30. The second kappa shape index (κ2) is 12.3. The normalized spacial score (nSPS) is 13.8.